The van der Waals surface area contributed by atoms with E-state index in [1.165, 1.54) is 19.1 Å². The van der Waals surface area contributed by atoms with Gasteiger partial charge in [0.1, 0.15) is 12.4 Å². The third kappa shape index (κ3) is 5.41. The van der Waals surface area contributed by atoms with Crippen LogP contribution in [-0.2, 0) is 24.3 Å². The average molecular weight is 332 g/mol. The summed E-state index contributed by atoms with van der Waals surface area (Å²) in [7, 11) is -4.04. The zero-order chi connectivity index (χ0) is 16.8. The van der Waals surface area contributed by atoms with Crippen LogP contribution in [0.2, 0.25) is 0 Å². The van der Waals surface area contributed by atoms with Gasteiger partial charge in [-0.25, -0.2) is 12.8 Å². The molecule has 7 nitrogen and oxygen atoms in total. The van der Waals surface area contributed by atoms with Gasteiger partial charge in [0.2, 0.25) is 10.0 Å². The summed E-state index contributed by atoms with van der Waals surface area (Å²) in [6.07, 6.45) is -1.04. The normalized spacial score (nSPS) is 12.5. The maximum atomic E-state index is 13.0. The summed E-state index contributed by atoms with van der Waals surface area (Å²) in [5, 5.41) is 2.46. The van der Waals surface area contributed by atoms with Crippen LogP contribution >= 0.6 is 0 Å². The lowest BCUT2D eigenvalue weighted by Gasteiger charge is -2.13. The van der Waals surface area contributed by atoms with E-state index < -0.39 is 40.4 Å². The van der Waals surface area contributed by atoms with Gasteiger partial charge in [0.05, 0.1) is 4.90 Å². The molecule has 0 spiro atoms. The average Bonchev–Trinajstić information content (AvgIpc) is 2.45. The molecule has 122 valence electrons. The summed E-state index contributed by atoms with van der Waals surface area (Å²) in [6, 6.07) is 4.35. The number of ether oxygens (including phenoxy) is 1. The van der Waals surface area contributed by atoms with Crippen molar-refractivity contribution in [3.05, 3.63) is 30.1 Å². The Morgan fingerprint density at radius 3 is 2.64 bits per heavy atom. The van der Waals surface area contributed by atoms with Gasteiger partial charge in [-0.1, -0.05) is 6.07 Å². The van der Waals surface area contributed by atoms with Gasteiger partial charge < -0.3 is 10.1 Å². The van der Waals surface area contributed by atoms with Crippen molar-refractivity contribution in [2.45, 2.75) is 24.8 Å². The Hall–Kier alpha value is -2.00. The van der Waals surface area contributed by atoms with E-state index in [0.717, 1.165) is 12.1 Å². The summed E-state index contributed by atoms with van der Waals surface area (Å²) in [5.74, 6) is -2.11. The smallest absolute Gasteiger partial charge is 0.321 e. The van der Waals surface area contributed by atoms with E-state index in [0.29, 0.717) is 6.54 Å². The van der Waals surface area contributed by atoms with E-state index in [1.54, 1.807) is 6.92 Å². The van der Waals surface area contributed by atoms with Gasteiger partial charge >= 0.3 is 5.97 Å². The minimum Gasteiger partial charge on any atom is -0.452 e. The molecule has 1 rings (SSSR count). The second-order valence-corrected chi connectivity index (χ2v) is 6.08. The Bertz CT molecular complexity index is 648. The number of hydrogen-bond donors (Lipinski definition) is 2. The van der Waals surface area contributed by atoms with Crippen LogP contribution in [0, 0.1) is 5.82 Å². The Morgan fingerprint density at radius 1 is 1.36 bits per heavy atom. The van der Waals surface area contributed by atoms with Crippen LogP contribution in [-0.4, -0.2) is 39.5 Å². The predicted octanol–water partition coefficient (Wildman–Crippen LogP) is 0.172. The topological polar surface area (TPSA) is 102 Å². The minimum atomic E-state index is -4.04. The zero-order valence-electron chi connectivity index (χ0n) is 12.1. The maximum absolute atomic E-state index is 13.0. The Balaban J connectivity index is 2.58. The van der Waals surface area contributed by atoms with E-state index in [2.05, 4.69) is 5.32 Å². The van der Waals surface area contributed by atoms with Gasteiger partial charge in [-0.05, 0) is 32.0 Å². The molecule has 1 aromatic rings. The van der Waals surface area contributed by atoms with Gasteiger partial charge in [-0.2, -0.15) is 4.72 Å². The Kier molecular flexibility index (Phi) is 6.44. The number of hydrogen-bond acceptors (Lipinski definition) is 5. The molecule has 0 aliphatic carbocycles. The first kappa shape index (κ1) is 18.1. The fourth-order valence-corrected chi connectivity index (χ4v) is 2.48. The lowest BCUT2D eigenvalue weighted by atomic mass is 10.4. The van der Waals surface area contributed by atoms with Crippen molar-refractivity contribution in [1.29, 1.82) is 0 Å². The maximum Gasteiger partial charge on any atom is 0.321 e. The summed E-state index contributed by atoms with van der Waals surface area (Å²) >= 11 is 0. The molecule has 1 aromatic carbocycles. The number of sulfonamides is 1. The van der Waals surface area contributed by atoms with Crippen LogP contribution in [0.15, 0.2) is 29.2 Å². The highest BCUT2D eigenvalue weighted by atomic mass is 32.2. The third-order valence-corrected chi connectivity index (χ3v) is 3.94. The standard InChI is InChI=1S/C13H17FN2O5S/c1-3-15-13(18)9(2)21-12(17)8-16-22(19,20)11-6-4-5-10(14)7-11/h4-7,9,16H,3,8H2,1-2H3,(H,15,18)/t9-/m0/s1. The van der Waals surface area contributed by atoms with Crippen LogP contribution in [0.3, 0.4) is 0 Å². The third-order valence-electron chi connectivity index (χ3n) is 2.54. The lowest BCUT2D eigenvalue weighted by Crippen LogP contribution is -2.38. The Labute approximate surface area is 127 Å². The van der Waals surface area contributed by atoms with Crippen LogP contribution < -0.4 is 10.0 Å². The Morgan fingerprint density at radius 2 is 2.05 bits per heavy atom. The second-order valence-electron chi connectivity index (χ2n) is 4.31. The van der Waals surface area contributed by atoms with Crippen molar-refractivity contribution < 1.29 is 27.1 Å². The molecule has 9 heteroatoms. The largest absolute Gasteiger partial charge is 0.452 e. The van der Waals surface area contributed by atoms with Gasteiger partial charge in [-0.15, -0.1) is 0 Å². The first-order chi connectivity index (χ1) is 10.3. The molecule has 0 heterocycles. The summed E-state index contributed by atoms with van der Waals surface area (Å²) in [6.45, 7) is 2.79. The molecule has 0 aliphatic heterocycles. The minimum absolute atomic E-state index is 0.308. The molecule has 1 amide bonds. The van der Waals surface area contributed by atoms with E-state index in [4.69, 9.17) is 4.74 Å². The molecular weight excluding hydrogens is 315 g/mol. The van der Waals surface area contributed by atoms with E-state index in [9.17, 15) is 22.4 Å². The molecule has 22 heavy (non-hydrogen) atoms. The van der Waals surface area contributed by atoms with Crippen molar-refractivity contribution in [3.8, 4) is 0 Å². The van der Waals surface area contributed by atoms with Gasteiger partial charge in [0, 0.05) is 6.54 Å². The molecule has 0 aliphatic rings. The van der Waals surface area contributed by atoms with Crippen molar-refractivity contribution >= 4 is 21.9 Å². The number of benzene rings is 1. The number of nitrogens with one attached hydrogen (secondary N) is 2. The number of halogens is 1. The van der Waals surface area contributed by atoms with Gasteiger partial charge in [-0.3, -0.25) is 9.59 Å². The molecule has 0 saturated carbocycles. The molecule has 0 unspecified atom stereocenters. The second kappa shape index (κ2) is 7.85. The van der Waals surface area contributed by atoms with Gasteiger partial charge in [0.15, 0.2) is 6.10 Å². The lowest BCUT2D eigenvalue weighted by molar-refractivity contribution is -0.153. The first-order valence-corrected chi connectivity index (χ1v) is 7.97. The number of amides is 1. The highest BCUT2D eigenvalue weighted by Gasteiger charge is 2.20. The first-order valence-electron chi connectivity index (χ1n) is 6.48. The van der Waals surface area contributed by atoms with E-state index in [-0.39, 0.29) is 4.90 Å². The predicted molar refractivity (Wildman–Crippen MR) is 75.8 cm³/mol. The van der Waals surface area contributed by atoms with Crippen molar-refractivity contribution in [3.63, 3.8) is 0 Å². The van der Waals surface area contributed by atoms with Crippen LogP contribution in [0.4, 0.5) is 4.39 Å². The van der Waals surface area contributed by atoms with Crippen molar-refractivity contribution in [2.24, 2.45) is 0 Å². The molecule has 0 aromatic heterocycles. The van der Waals surface area contributed by atoms with Gasteiger partial charge in [0.25, 0.3) is 5.91 Å². The molecule has 0 bridgehead atoms. The van der Waals surface area contributed by atoms with Crippen LogP contribution in [0.1, 0.15) is 13.8 Å². The number of carbonyl (C=O) groups is 2. The van der Waals surface area contributed by atoms with Crippen molar-refractivity contribution in [1.82, 2.24) is 10.0 Å². The van der Waals surface area contributed by atoms with E-state index in [1.807, 2.05) is 4.72 Å². The monoisotopic (exact) mass is 332 g/mol. The number of esters is 1. The summed E-state index contributed by atoms with van der Waals surface area (Å²) < 4.78 is 43.4. The molecule has 2 N–H and O–H groups in total. The number of rotatable bonds is 7. The summed E-state index contributed by atoms with van der Waals surface area (Å²) in [4.78, 5) is 22.6. The fourth-order valence-electron chi connectivity index (χ4n) is 1.48. The highest BCUT2D eigenvalue weighted by molar-refractivity contribution is 7.89. The SMILES string of the molecule is CCNC(=O)[C@H](C)OC(=O)CNS(=O)(=O)c1cccc(F)c1. The quantitative estimate of drug-likeness (QED) is 0.693. The summed E-state index contributed by atoms with van der Waals surface area (Å²) in [5.41, 5.74) is 0. The zero-order valence-corrected chi connectivity index (χ0v) is 12.9. The fraction of sp³-hybridized carbons (Fsp3) is 0.385. The van der Waals surface area contributed by atoms with Crippen molar-refractivity contribution in [2.75, 3.05) is 13.1 Å². The van der Waals surface area contributed by atoms with Crippen LogP contribution in [0.25, 0.3) is 0 Å². The molecule has 0 radical (unpaired) electrons. The van der Waals surface area contributed by atoms with E-state index >= 15 is 0 Å². The molecule has 0 fully saturated rings. The highest BCUT2D eigenvalue weighted by Crippen LogP contribution is 2.09. The molecule has 1 atom stereocenters. The number of likely N-dealkylation sites (N-methyl/N-ethyl adjacent to an activating group) is 1. The van der Waals surface area contributed by atoms with Crippen LogP contribution in [0.5, 0.6) is 0 Å². The molecule has 0 saturated heterocycles. The molecular formula is C13H17FN2O5S. The number of carbonyl (C=O) groups excluding carboxylic acids is 2.